The van der Waals surface area contributed by atoms with Gasteiger partial charge in [-0.05, 0) is 36.2 Å². The van der Waals surface area contributed by atoms with Crippen molar-refractivity contribution in [2.75, 3.05) is 13.2 Å². The number of carbonyl (C=O) groups is 1. The zero-order valence-corrected chi connectivity index (χ0v) is 14.3. The fourth-order valence-corrected chi connectivity index (χ4v) is 2.78. The van der Waals surface area contributed by atoms with E-state index in [1.54, 1.807) is 24.3 Å². The van der Waals surface area contributed by atoms with Crippen LogP contribution in [0.15, 0.2) is 53.0 Å². The first-order valence-corrected chi connectivity index (χ1v) is 8.15. The van der Waals surface area contributed by atoms with E-state index in [1.165, 1.54) is 0 Å². The fourth-order valence-electron chi connectivity index (χ4n) is 2.15. The van der Waals surface area contributed by atoms with Gasteiger partial charge in [0.25, 0.3) is 5.91 Å². The van der Waals surface area contributed by atoms with E-state index in [1.807, 2.05) is 24.3 Å². The van der Waals surface area contributed by atoms with E-state index >= 15 is 0 Å². The zero-order chi connectivity index (χ0) is 15.9. The highest BCUT2D eigenvalue weighted by molar-refractivity contribution is 9.10. The molecule has 2 aromatic rings. The largest absolute Gasteiger partial charge is 0.396 e. The Balaban J connectivity index is 1.94. The van der Waals surface area contributed by atoms with Crippen molar-refractivity contribution in [3.8, 4) is 0 Å². The van der Waals surface area contributed by atoms with Crippen molar-refractivity contribution in [2.24, 2.45) is 5.92 Å². The van der Waals surface area contributed by atoms with Gasteiger partial charge in [0.1, 0.15) is 0 Å². The van der Waals surface area contributed by atoms with Crippen LogP contribution in [0.4, 0.5) is 0 Å². The minimum Gasteiger partial charge on any atom is -0.396 e. The quantitative estimate of drug-likeness (QED) is 0.800. The third-order valence-electron chi connectivity index (χ3n) is 3.36. The van der Waals surface area contributed by atoms with Gasteiger partial charge < -0.3 is 10.4 Å². The number of rotatable bonds is 6. The second-order valence-electron chi connectivity index (χ2n) is 5.06. The first kappa shape index (κ1) is 17.0. The average Bonchev–Trinajstić information content (AvgIpc) is 2.52. The first-order chi connectivity index (χ1) is 10.6. The lowest BCUT2D eigenvalue weighted by molar-refractivity contribution is 0.0940. The zero-order valence-electron chi connectivity index (χ0n) is 11.9. The van der Waals surface area contributed by atoms with E-state index in [0.29, 0.717) is 23.6 Å². The SMILES string of the molecule is O=C(NC[C@@H](CO)Cc1ccccc1Br)c1cccc(Cl)c1. The monoisotopic (exact) mass is 381 g/mol. The van der Waals surface area contributed by atoms with Gasteiger partial charge in [0.2, 0.25) is 0 Å². The van der Waals surface area contributed by atoms with E-state index in [4.69, 9.17) is 11.6 Å². The predicted molar refractivity (Wildman–Crippen MR) is 92.2 cm³/mol. The number of nitrogens with one attached hydrogen (secondary N) is 1. The molecule has 0 aliphatic rings. The fraction of sp³-hybridized carbons (Fsp3) is 0.235. The van der Waals surface area contributed by atoms with Crippen LogP contribution in [-0.2, 0) is 6.42 Å². The second-order valence-corrected chi connectivity index (χ2v) is 6.36. The van der Waals surface area contributed by atoms with Crippen molar-refractivity contribution in [2.45, 2.75) is 6.42 Å². The molecule has 1 atom stereocenters. The molecule has 0 fully saturated rings. The van der Waals surface area contributed by atoms with Gasteiger partial charge in [-0.2, -0.15) is 0 Å². The molecule has 5 heteroatoms. The molecule has 0 saturated heterocycles. The molecule has 3 nitrogen and oxygen atoms in total. The third kappa shape index (κ3) is 4.83. The molecular formula is C17H17BrClNO2. The number of aliphatic hydroxyl groups is 1. The lowest BCUT2D eigenvalue weighted by Crippen LogP contribution is -2.31. The molecule has 116 valence electrons. The third-order valence-corrected chi connectivity index (χ3v) is 4.37. The van der Waals surface area contributed by atoms with Crippen LogP contribution in [0, 0.1) is 5.92 Å². The molecule has 2 N–H and O–H groups in total. The normalized spacial score (nSPS) is 12.0. The number of benzene rings is 2. The van der Waals surface area contributed by atoms with Crippen molar-refractivity contribution >= 4 is 33.4 Å². The lowest BCUT2D eigenvalue weighted by atomic mass is 10.00. The molecule has 0 heterocycles. The molecule has 0 aromatic heterocycles. The molecule has 2 aromatic carbocycles. The minimum atomic E-state index is -0.187. The van der Waals surface area contributed by atoms with E-state index in [-0.39, 0.29) is 18.4 Å². The molecule has 0 spiro atoms. The van der Waals surface area contributed by atoms with Crippen molar-refractivity contribution in [3.05, 3.63) is 69.2 Å². The van der Waals surface area contributed by atoms with Crippen LogP contribution in [0.1, 0.15) is 15.9 Å². The second kappa shape index (κ2) is 8.32. The van der Waals surface area contributed by atoms with Crippen LogP contribution in [0.3, 0.4) is 0 Å². The summed E-state index contributed by atoms with van der Waals surface area (Å²) in [6.07, 6.45) is 0.688. The number of amides is 1. The number of aliphatic hydroxyl groups excluding tert-OH is 1. The Hall–Kier alpha value is -1.36. The smallest absolute Gasteiger partial charge is 0.251 e. The van der Waals surface area contributed by atoms with Crippen LogP contribution in [-0.4, -0.2) is 24.2 Å². The highest BCUT2D eigenvalue weighted by Crippen LogP contribution is 2.19. The first-order valence-electron chi connectivity index (χ1n) is 6.98. The number of hydrogen-bond acceptors (Lipinski definition) is 2. The molecule has 0 aliphatic carbocycles. The maximum absolute atomic E-state index is 12.1. The lowest BCUT2D eigenvalue weighted by Gasteiger charge is -2.16. The van der Waals surface area contributed by atoms with Gasteiger partial charge in [0.15, 0.2) is 0 Å². The molecule has 1 amide bonds. The number of carbonyl (C=O) groups excluding carboxylic acids is 1. The Labute approximate surface area is 143 Å². The van der Waals surface area contributed by atoms with E-state index in [0.717, 1.165) is 10.0 Å². The van der Waals surface area contributed by atoms with Crippen molar-refractivity contribution in [1.29, 1.82) is 0 Å². The summed E-state index contributed by atoms with van der Waals surface area (Å²) in [5.41, 5.74) is 1.63. The van der Waals surface area contributed by atoms with Gasteiger partial charge in [0.05, 0.1) is 0 Å². The van der Waals surface area contributed by atoms with E-state index in [2.05, 4.69) is 21.2 Å². The van der Waals surface area contributed by atoms with Crippen LogP contribution in [0.5, 0.6) is 0 Å². The molecule has 0 radical (unpaired) electrons. The summed E-state index contributed by atoms with van der Waals surface area (Å²) in [4.78, 5) is 12.1. The Kier molecular flexibility index (Phi) is 6.43. The van der Waals surface area contributed by atoms with Crippen LogP contribution >= 0.6 is 27.5 Å². The van der Waals surface area contributed by atoms with E-state index < -0.39 is 0 Å². The Morgan fingerprint density at radius 2 is 2.00 bits per heavy atom. The molecule has 0 aliphatic heterocycles. The molecule has 0 saturated carbocycles. The minimum absolute atomic E-state index is 0.0111. The van der Waals surface area contributed by atoms with Gasteiger partial charge in [0, 0.05) is 34.1 Å². The maximum atomic E-state index is 12.1. The Morgan fingerprint density at radius 1 is 1.23 bits per heavy atom. The van der Waals surface area contributed by atoms with Crippen molar-refractivity contribution in [3.63, 3.8) is 0 Å². The number of halogens is 2. The summed E-state index contributed by atoms with van der Waals surface area (Å²) >= 11 is 9.37. The average molecular weight is 383 g/mol. The Morgan fingerprint density at radius 3 is 2.68 bits per heavy atom. The molecule has 0 bridgehead atoms. The molecule has 0 unspecified atom stereocenters. The van der Waals surface area contributed by atoms with Crippen molar-refractivity contribution < 1.29 is 9.90 Å². The highest BCUT2D eigenvalue weighted by atomic mass is 79.9. The summed E-state index contributed by atoms with van der Waals surface area (Å²) in [5, 5.41) is 12.9. The van der Waals surface area contributed by atoms with Gasteiger partial charge in [-0.3, -0.25) is 4.79 Å². The maximum Gasteiger partial charge on any atom is 0.251 e. The molecular weight excluding hydrogens is 366 g/mol. The van der Waals surface area contributed by atoms with Crippen molar-refractivity contribution in [1.82, 2.24) is 5.32 Å². The van der Waals surface area contributed by atoms with Crippen LogP contribution < -0.4 is 5.32 Å². The van der Waals surface area contributed by atoms with E-state index in [9.17, 15) is 9.90 Å². The summed E-state index contributed by atoms with van der Waals surface area (Å²) in [6, 6.07) is 14.7. The summed E-state index contributed by atoms with van der Waals surface area (Å²) < 4.78 is 1.01. The number of hydrogen-bond donors (Lipinski definition) is 2. The van der Waals surface area contributed by atoms with Gasteiger partial charge in [-0.25, -0.2) is 0 Å². The van der Waals surface area contributed by atoms with Gasteiger partial charge in [-0.1, -0.05) is 51.8 Å². The molecule has 2 rings (SSSR count). The predicted octanol–water partition coefficient (Wildman–Crippen LogP) is 3.68. The highest BCUT2D eigenvalue weighted by Gasteiger charge is 2.13. The Bertz CT molecular complexity index is 648. The van der Waals surface area contributed by atoms with Crippen LogP contribution in [0.25, 0.3) is 0 Å². The van der Waals surface area contributed by atoms with Gasteiger partial charge >= 0.3 is 0 Å². The van der Waals surface area contributed by atoms with Crippen LogP contribution in [0.2, 0.25) is 5.02 Å². The summed E-state index contributed by atoms with van der Waals surface area (Å²) in [7, 11) is 0. The topological polar surface area (TPSA) is 49.3 Å². The summed E-state index contributed by atoms with van der Waals surface area (Å²) in [5.74, 6) is -0.227. The van der Waals surface area contributed by atoms with Gasteiger partial charge in [-0.15, -0.1) is 0 Å². The standard InChI is InChI=1S/C17H17BrClNO2/c18-16-7-2-1-4-13(16)8-12(11-21)10-20-17(22)14-5-3-6-15(19)9-14/h1-7,9,12,21H,8,10-11H2,(H,20,22)/t12-/m0/s1. The summed E-state index contributed by atoms with van der Waals surface area (Å²) in [6.45, 7) is 0.417. The molecule has 22 heavy (non-hydrogen) atoms.